The third kappa shape index (κ3) is 7.81. The van der Waals surface area contributed by atoms with E-state index < -0.39 is 0 Å². The van der Waals surface area contributed by atoms with Crippen LogP contribution in [-0.2, 0) is 6.54 Å². The molecule has 1 aliphatic rings. The maximum absolute atomic E-state index is 5.21. The second-order valence-electron chi connectivity index (χ2n) is 6.43. The van der Waals surface area contributed by atoms with Gasteiger partial charge in [0.2, 0.25) is 0 Å². The quantitative estimate of drug-likeness (QED) is 0.402. The standard InChI is InChI=1S/C19H32N4O.HI/c1-20-19(21-12-15-23-13-6-4-5-7-14-23)22(2)16-17-8-10-18(24-3)11-9-17;/h8-11H,4-7,12-16H2,1-3H3,(H,20,21);1H. The van der Waals surface area contributed by atoms with Gasteiger partial charge in [0.05, 0.1) is 7.11 Å². The van der Waals surface area contributed by atoms with E-state index in [0.717, 1.165) is 31.3 Å². The second-order valence-corrected chi connectivity index (χ2v) is 6.43. The second kappa shape index (κ2) is 12.4. The van der Waals surface area contributed by atoms with Gasteiger partial charge in [-0.3, -0.25) is 4.99 Å². The van der Waals surface area contributed by atoms with E-state index in [4.69, 9.17) is 4.74 Å². The molecule has 1 aliphatic heterocycles. The van der Waals surface area contributed by atoms with Crippen LogP contribution in [0.1, 0.15) is 31.2 Å². The van der Waals surface area contributed by atoms with Gasteiger partial charge in [-0.25, -0.2) is 0 Å². The Morgan fingerprint density at radius 1 is 1.16 bits per heavy atom. The van der Waals surface area contributed by atoms with E-state index in [1.165, 1.54) is 44.3 Å². The van der Waals surface area contributed by atoms with Crippen LogP contribution in [0, 0.1) is 0 Å². The number of benzene rings is 1. The fourth-order valence-corrected chi connectivity index (χ4v) is 3.15. The molecule has 0 unspecified atom stereocenters. The molecule has 5 nitrogen and oxygen atoms in total. The number of methoxy groups -OCH3 is 1. The van der Waals surface area contributed by atoms with Crippen molar-refractivity contribution in [3.63, 3.8) is 0 Å². The molecule has 0 atom stereocenters. The average molecular weight is 460 g/mol. The summed E-state index contributed by atoms with van der Waals surface area (Å²) in [6.45, 7) is 5.34. The summed E-state index contributed by atoms with van der Waals surface area (Å²) in [5.74, 6) is 1.84. The predicted octanol–water partition coefficient (Wildman–Crippen LogP) is 3.20. The first kappa shape index (κ1) is 22.0. The van der Waals surface area contributed by atoms with Crippen LogP contribution in [0.15, 0.2) is 29.3 Å². The minimum atomic E-state index is 0. The maximum Gasteiger partial charge on any atom is 0.193 e. The molecule has 6 heteroatoms. The van der Waals surface area contributed by atoms with Crippen LogP contribution in [0.2, 0.25) is 0 Å². The molecule has 0 radical (unpaired) electrons. The summed E-state index contributed by atoms with van der Waals surface area (Å²) < 4.78 is 5.21. The van der Waals surface area contributed by atoms with Crippen LogP contribution in [-0.4, -0.2) is 63.1 Å². The molecule has 0 aromatic heterocycles. The van der Waals surface area contributed by atoms with Gasteiger partial charge in [0, 0.05) is 33.7 Å². The van der Waals surface area contributed by atoms with Crippen LogP contribution in [0.4, 0.5) is 0 Å². The zero-order valence-corrected chi connectivity index (χ0v) is 18.2. The summed E-state index contributed by atoms with van der Waals surface area (Å²) >= 11 is 0. The van der Waals surface area contributed by atoms with Crippen LogP contribution in [0.3, 0.4) is 0 Å². The fraction of sp³-hybridized carbons (Fsp3) is 0.632. The zero-order valence-electron chi connectivity index (χ0n) is 15.8. The van der Waals surface area contributed by atoms with Gasteiger partial charge < -0.3 is 19.9 Å². The third-order valence-electron chi connectivity index (χ3n) is 4.56. The first-order valence-electron chi connectivity index (χ1n) is 9.00. The molecule has 142 valence electrons. The van der Waals surface area contributed by atoms with Crippen molar-refractivity contribution in [3.8, 4) is 5.75 Å². The van der Waals surface area contributed by atoms with Crippen molar-refractivity contribution in [1.82, 2.24) is 15.1 Å². The van der Waals surface area contributed by atoms with Gasteiger partial charge in [0.15, 0.2) is 5.96 Å². The number of ether oxygens (including phenoxy) is 1. The highest BCUT2D eigenvalue weighted by Gasteiger charge is 2.10. The zero-order chi connectivity index (χ0) is 17.2. The molecular formula is C19H33IN4O. The molecule has 1 saturated heterocycles. The Hall–Kier alpha value is -1.02. The van der Waals surface area contributed by atoms with Crippen molar-refractivity contribution in [3.05, 3.63) is 29.8 Å². The Morgan fingerprint density at radius 2 is 1.80 bits per heavy atom. The van der Waals surface area contributed by atoms with Crippen molar-refractivity contribution < 1.29 is 4.74 Å². The van der Waals surface area contributed by atoms with Crippen molar-refractivity contribution in [1.29, 1.82) is 0 Å². The lowest BCUT2D eigenvalue weighted by atomic mass is 10.2. The number of nitrogens with one attached hydrogen (secondary N) is 1. The van der Waals surface area contributed by atoms with E-state index in [1.807, 2.05) is 19.2 Å². The largest absolute Gasteiger partial charge is 0.497 e. The Bertz CT molecular complexity index is 499. The van der Waals surface area contributed by atoms with Crippen LogP contribution in [0.25, 0.3) is 0 Å². The van der Waals surface area contributed by atoms with Gasteiger partial charge in [-0.2, -0.15) is 0 Å². The Kier molecular flexibility index (Phi) is 10.9. The van der Waals surface area contributed by atoms with Crippen molar-refractivity contribution in [2.45, 2.75) is 32.2 Å². The molecule has 0 aliphatic carbocycles. The highest BCUT2D eigenvalue weighted by atomic mass is 127. The highest BCUT2D eigenvalue weighted by molar-refractivity contribution is 14.0. The molecule has 1 fully saturated rings. The summed E-state index contributed by atoms with van der Waals surface area (Å²) in [5, 5.41) is 3.49. The van der Waals surface area contributed by atoms with Crippen LogP contribution < -0.4 is 10.1 Å². The van der Waals surface area contributed by atoms with E-state index in [1.54, 1.807) is 7.11 Å². The first-order valence-corrected chi connectivity index (χ1v) is 9.00. The van der Waals surface area contributed by atoms with E-state index >= 15 is 0 Å². The number of hydrogen-bond donors (Lipinski definition) is 1. The summed E-state index contributed by atoms with van der Waals surface area (Å²) in [4.78, 5) is 9.13. The van der Waals surface area contributed by atoms with E-state index in [2.05, 4.69) is 39.3 Å². The summed E-state index contributed by atoms with van der Waals surface area (Å²) in [6, 6.07) is 8.19. The molecule has 1 N–H and O–H groups in total. The molecule has 0 bridgehead atoms. The molecule has 1 heterocycles. The smallest absolute Gasteiger partial charge is 0.193 e. The first-order chi connectivity index (χ1) is 11.7. The lowest BCUT2D eigenvalue weighted by Gasteiger charge is -2.24. The molecule has 1 aromatic rings. The molecule has 25 heavy (non-hydrogen) atoms. The van der Waals surface area contributed by atoms with Gasteiger partial charge in [-0.05, 0) is 43.6 Å². The third-order valence-corrected chi connectivity index (χ3v) is 4.56. The SMILES string of the molecule is CN=C(NCCN1CCCCCC1)N(C)Cc1ccc(OC)cc1.I. The Balaban J connectivity index is 0.00000312. The minimum absolute atomic E-state index is 0. The predicted molar refractivity (Wildman–Crippen MR) is 116 cm³/mol. The monoisotopic (exact) mass is 460 g/mol. The number of hydrogen-bond acceptors (Lipinski definition) is 3. The summed E-state index contributed by atoms with van der Waals surface area (Å²) in [5.41, 5.74) is 1.24. The Labute approximate surface area is 169 Å². The highest BCUT2D eigenvalue weighted by Crippen LogP contribution is 2.12. The van der Waals surface area contributed by atoms with Gasteiger partial charge in [0.1, 0.15) is 5.75 Å². The van der Waals surface area contributed by atoms with Crippen molar-refractivity contribution in [2.24, 2.45) is 4.99 Å². The number of likely N-dealkylation sites (tertiary alicyclic amines) is 1. The summed E-state index contributed by atoms with van der Waals surface area (Å²) in [6.07, 6.45) is 5.45. The van der Waals surface area contributed by atoms with Crippen LogP contribution in [0.5, 0.6) is 5.75 Å². The molecule has 0 spiro atoms. The van der Waals surface area contributed by atoms with Crippen LogP contribution >= 0.6 is 24.0 Å². The van der Waals surface area contributed by atoms with Gasteiger partial charge in [0.25, 0.3) is 0 Å². The van der Waals surface area contributed by atoms with E-state index in [0.29, 0.717) is 0 Å². The lowest BCUT2D eigenvalue weighted by molar-refractivity contribution is 0.288. The Morgan fingerprint density at radius 3 is 2.36 bits per heavy atom. The topological polar surface area (TPSA) is 40.1 Å². The molecule has 0 saturated carbocycles. The van der Waals surface area contributed by atoms with E-state index in [9.17, 15) is 0 Å². The maximum atomic E-state index is 5.21. The molecule has 1 aromatic carbocycles. The molecule has 0 amide bonds. The number of guanidine groups is 1. The lowest BCUT2D eigenvalue weighted by Crippen LogP contribution is -2.42. The van der Waals surface area contributed by atoms with E-state index in [-0.39, 0.29) is 24.0 Å². The fourth-order valence-electron chi connectivity index (χ4n) is 3.15. The number of rotatable bonds is 6. The van der Waals surface area contributed by atoms with Crippen molar-refractivity contribution >= 4 is 29.9 Å². The van der Waals surface area contributed by atoms with Gasteiger partial charge in [-0.1, -0.05) is 25.0 Å². The minimum Gasteiger partial charge on any atom is -0.497 e. The molecule has 2 rings (SSSR count). The van der Waals surface area contributed by atoms with Gasteiger partial charge >= 0.3 is 0 Å². The molecular weight excluding hydrogens is 427 g/mol. The summed E-state index contributed by atoms with van der Waals surface area (Å²) in [7, 11) is 5.61. The average Bonchev–Trinajstić information content (AvgIpc) is 2.88. The number of nitrogens with zero attached hydrogens (tertiary/aromatic N) is 3. The van der Waals surface area contributed by atoms with Gasteiger partial charge in [-0.15, -0.1) is 24.0 Å². The normalized spacial score (nSPS) is 15.9. The number of halogens is 1. The number of aliphatic imine (C=N–C) groups is 1. The van der Waals surface area contributed by atoms with Crippen molar-refractivity contribution in [2.75, 3.05) is 47.4 Å².